The highest BCUT2D eigenvalue weighted by molar-refractivity contribution is 5.44. The summed E-state index contributed by atoms with van der Waals surface area (Å²) in [5.41, 5.74) is 7.72. The minimum atomic E-state index is -0.603. The van der Waals surface area contributed by atoms with Gasteiger partial charge in [-0.25, -0.2) is 4.98 Å². The van der Waals surface area contributed by atoms with Crippen molar-refractivity contribution < 1.29 is 5.11 Å². The van der Waals surface area contributed by atoms with E-state index in [-0.39, 0.29) is 5.41 Å². The first-order chi connectivity index (χ1) is 10.2. The van der Waals surface area contributed by atoms with E-state index >= 15 is 0 Å². The molecule has 3 nitrogen and oxygen atoms in total. The zero-order valence-electron chi connectivity index (χ0n) is 12.2. The third kappa shape index (κ3) is 2.54. The van der Waals surface area contributed by atoms with Crippen LogP contribution < -0.4 is 5.73 Å². The first-order valence-corrected chi connectivity index (χ1v) is 7.68. The summed E-state index contributed by atoms with van der Waals surface area (Å²) in [4.78, 5) is 4.14. The molecule has 1 atom stereocenters. The van der Waals surface area contributed by atoms with Crippen LogP contribution in [-0.4, -0.2) is 10.1 Å². The number of anilines is 1. The van der Waals surface area contributed by atoms with Gasteiger partial charge in [-0.15, -0.1) is 0 Å². The van der Waals surface area contributed by atoms with Gasteiger partial charge in [0.15, 0.2) is 0 Å². The van der Waals surface area contributed by atoms with Crippen LogP contribution in [0.5, 0.6) is 0 Å². The van der Waals surface area contributed by atoms with Crippen LogP contribution in [0.4, 0.5) is 5.82 Å². The van der Waals surface area contributed by atoms with Crippen molar-refractivity contribution in [1.29, 1.82) is 0 Å². The molecule has 0 bridgehead atoms. The summed E-state index contributed by atoms with van der Waals surface area (Å²) >= 11 is 0. The van der Waals surface area contributed by atoms with Crippen LogP contribution in [0.2, 0.25) is 0 Å². The molecule has 0 aliphatic heterocycles. The fraction of sp³-hybridized carbons (Fsp3) is 0.389. The maximum Gasteiger partial charge on any atom is 0.129 e. The molecule has 1 fully saturated rings. The molecule has 1 aromatic heterocycles. The van der Waals surface area contributed by atoms with Crippen molar-refractivity contribution in [2.45, 2.75) is 43.6 Å². The molecule has 110 valence electrons. The second kappa shape index (κ2) is 5.86. The fourth-order valence-electron chi connectivity index (χ4n) is 3.63. The van der Waals surface area contributed by atoms with Gasteiger partial charge in [-0.3, -0.25) is 0 Å². The van der Waals surface area contributed by atoms with Gasteiger partial charge in [-0.1, -0.05) is 55.7 Å². The first-order valence-electron chi connectivity index (χ1n) is 7.68. The Labute approximate surface area is 125 Å². The molecule has 3 N–H and O–H groups in total. The molecule has 0 saturated heterocycles. The van der Waals surface area contributed by atoms with Gasteiger partial charge in [0.1, 0.15) is 5.82 Å². The van der Waals surface area contributed by atoms with E-state index in [9.17, 15) is 5.11 Å². The van der Waals surface area contributed by atoms with E-state index in [0.29, 0.717) is 5.82 Å². The standard InChI is InChI=1S/C18H22N2O/c19-17-15(10-7-13-20-17)16(21)18(11-5-2-6-12-18)14-8-3-1-4-9-14/h1,3-4,7-10,13,16,21H,2,5-6,11-12H2,(H2,19,20). The minimum absolute atomic E-state index is 0.239. The highest BCUT2D eigenvalue weighted by Gasteiger charge is 2.42. The molecule has 3 rings (SSSR count). The molecule has 0 radical (unpaired) electrons. The predicted octanol–water partition coefficient (Wildman–Crippen LogP) is 3.60. The van der Waals surface area contributed by atoms with Crippen LogP contribution in [-0.2, 0) is 5.41 Å². The first kappa shape index (κ1) is 14.1. The van der Waals surface area contributed by atoms with E-state index in [1.54, 1.807) is 6.20 Å². The van der Waals surface area contributed by atoms with Crippen LogP contribution in [0.3, 0.4) is 0 Å². The molecule has 0 amide bonds. The third-order valence-electron chi connectivity index (χ3n) is 4.78. The maximum absolute atomic E-state index is 11.1. The number of nitrogens with zero attached hydrogens (tertiary/aromatic N) is 1. The zero-order chi connectivity index (χ0) is 14.7. The monoisotopic (exact) mass is 282 g/mol. The molecule has 1 saturated carbocycles. The van der Waals surface area contributed by atoms with Crippen LogP contribution >= 0.6 is 0 Å². The lowest BCUT2D eigenvalue weighted by Crippen LogP contribution is -2.36. The Hall–Kier alpha value is -1.87. The minimum Gasteiger partial charge on any atom is -0.387 e. The highest BCUT2D eigenvalue weighted by atomic mass is 16.3. The fourth-order valence-corrected chi connectivity index (χ4v) is 3.63. The molecule has 1 heterocycles. The van der Waals surface area contributed by atoms with Crippen LogP contribution in [0.1, 0.15) is 49.3 Å². The van der Waals surface area contributed by atoms with E-state index in [0.717, 1.165) is 31.2 Å². The van der Waals surface area contributed by atoms with Gasteiger partial charge in [0.05, 0.1) is 6.10 Å². The van der Waals surface area contributed by atoms with Crippen molar-refractivity contribution in [1.82, 2.24) is 4.98 Å². The van der Waals surface area contributed by atoms with Gasteiger partial charge < -0.3 is 10.8 Å². The van der Waals surface area contributed by atoms with Gasteiger partial charge in [0, 0.05) is 17.2 Å². The largest absolute Gasteiger partial charge is 0.387 e. The molecule has 3 heteroatoms. The van der Waals surface area contributed by atoms with Crippen molar-refractivity contribution in [3.63, 3.8) is 0 Å². The van der Waals surface area contributed by atoms with Crippen LogP contribution in [0.25, 0.3) is 0 Å². The molecule has 1 aromatic carbocycles. The number of aliphatic hydroxyl groups excluding tert-OH is 1. The average Bonchev–Trinajstić information content (AvgIpc) is 2.56. The van der Waals surface area contributed by atoms with E-state index in [1.165, 1.54) is 12.0 Å². The SMILES string of the molecule is Nc1ncccc1C(O)C1(c2ccccc2)CCCCC1. The molecule has 1 unspecified atom stereocenters. The number of nitrogen functional groups attached to an aromatic ring is 1. The molecule has 0 spiro atoms. The quantitative estimate of drug-likeness (QED) is 0.904. The molecular formula is C18H22N2O. The van der Waals surface area contributed by atoms with Gasteiger partial charge in [0.2, 0.25) is 0 Å². The Morgan fingerprint density at radius 1 is 1.00 bits per heavy atom. The van der Waals surface area contributed by atoms with Crippen molar-refractivity contribution in [3.8, 4) is 0 Å². The molecule has 2 aromatic rings. The second-order valence-electron chi connectivity index (χ2n) is 5.96. The van der Waals surface area contributed by atoms with E-state index in [1.807, 2.05) is 30.3 Å². The lowest BCUT2D eigenvalue weighted by molar-refractivity contribution is 0.0531. The van der Waals surface area contributed by atoms with Gasteiger partial charge in [-0.05, 0) is 24.5 Å². The number of benzene rings is 1. The Balaban J connectivity index is 2.06. The van der Waals surface area contributed by atoms with Gasteiger partial charge in [-0.2, -0.15) is 0 Å². The zero-order valence-corrected chi connectivity index (χ0v) is 12.2. The molecule has 21 heavy (non-hydrogen) atoms. The summed E-state index contributed by atoms with van der Waals surface area (Å²) in [6, 6.07) is 14.1. The van der Waals surface area contributed by atoms with Crippen molar-refractivity contribution in [3.05, 3.63) is 59.8 Å². The van der Waals surface area contributed by atoms with Crippen molar-refractivity contribution >= 4 is 5.82 Å². The Morgan fingerprint density at radius 3 is 2.38 bits per heavy atom. The number of hydrogen-bond acceptors (Lipinski definition) is 3. The summed E-state index contributed by atoms with van der Waals surface area (Å²) < 4.78 is 0. The summed E-state index contributed by atoms with van der Waals surface area (Å²) in [6.45, 7) is 0. The maximum atomic E-state index is 11.1. The number of hydrogen-bond donors (Lipinski definition) is 2. The third-order valence-corrected chi connectivity index (χ3v) is 4.78. The van der Waals surface area contributed by atoms with Crippen molar-refractivity contribution in [2.75, 3.05) is 5.73 Å². The normalized spacial score (nSPS) is 19.1. The summed E-state index contributed by atoms with van der Waals surface area (Å²) in [6.07, 6.45) is 6.58. The van der Waals surface area contributed by atoms with Crippen LogP contribution in [0, 0.1) is 0 Å². The van der Waals surface area contributed by atoms with E-state index in [2.05, 4.69) is 17.1 Å². The number of rotatable bonds is 3. The van der Waals surface area contributed by atoms with E-state index in [4.69, 9.17) is 5.73 Å². The molecule has 1 aliphatic rings. The smallest absolute Gasteiger partial charge is 0.129 e. The van der Waals surface area contributed by atoms with E-state index < -0.39 is 6.10 Å². The summed E-state index contributed by atoms with van der Waals surface area (Å²) in [5, 5.41) is 11.1. The summed E-state index contributed by atoms with van der Waals surface area (Å²) in [5.74, 6) is 0.436. The average molecular weight is 282 g/mol. The lowest BCUT2D eigenvalue weighted by atomic mass is 9.64. The lowest BCUT2D eigenvalue weighted by Gasteiger charge is -2.42. The summed E-state index contributed by atoms with van der Waals surface area (Å²) in [7, 11) is 0. The molecule has 1 aliphatic carbocycles. The van der Waals surface area contributed by atoms with Crippen molar-refractivity contribution in [2.24, 2.45) is 0 Å². The predicted molar refractivity (Wildman–Crippen MR) is 84.8 cm³/mol. The Morgan fingerprint density at radius 2 is 1.71 bits per heavy atom. The number of aliphatic hydroxyl groups is 1. The van der Waals surface area contributed by atoms with Gasteiger partial charge >= 0.3 is 0 Å². The van der Waals surface area contributed by atoms with Gasteiger partial charge in [0.25, 0.3) is 0 Å². The topological polar surface area (TPSA) is 59.1 Å². The Bertz CT molecular complexity index is 591. The van der Waals surface area contributed by atoms with Crippen LogP contribution in [0.15, 0.2) is 48.7 Å². The highest BCUT2D eigenvalue weighted by Crippen LogP contribution is 2.48. The number of nitrogens with two attached hydrogens (primary N) is 1. The Kier molecular flexibility index (Phi) is 3.93. The molecular weight excluding hydrogens is 260 g/mol. The second-order valence-corrected chi connectivity index (χ2v) is 5.96. The number of aromatic nitrogens is 1. The number of pyridine rings is 1.